The number of nitrogens with zero attached hydrogens (tertiary/aromatic N) is 3. The van der Waals surface area contributed by atoms with Gasteiger partial charge in [-0.1, -0.05) is 30.3 Å². The van der Waals surface area contributed by atoms with Gasteiger partial charge in [0.25, 0.3) is 0 Å². The van der Waals surface area contributed by atoms with Gasteiger partial charge in [-0.15, -0.1) is 0 Å². The molecule has 5 nitrogen and oxygen atoms in total. The summed E-state index contributed by atoms with van der Waals surface area (Å²) in [4.78, 5) is 20.4. The van der Waals surface area contributed by atoms with E-state index in [1.165, 1.54) is 24.8 Å². The van der Waals surface area contributed by atoms with Crippen molar-refractivity contribution in [1.82, 2.24) is 20.0 Å². The first-order valence-corrected chi connectivity index (χ1v) is 10.8. The molecule has 27 heavy (non-hydrogen) atoms. The van der Waals surface area contributed by atoms with E-state index in [1.54, 1.807) is 0 Å². The topological polar surface area (TPSA) is 38.8 Å². The van der Waals surface area contributed by atoms with Gasteiger partial charge in [-0.3, -0.25) is 14.6 Å². The number of piperazine rings is 1. The smallest absolute Gasteiger partial charge is 0.240 e. The van der Waals surface area contributed by atoms with Crippen LogP contribution in [0.3, 0.4) is 0 Å². The van der Waals surface area contributed by atoms with Crippen LogP contribution in [-0.4, -0.2) is 85.0 Å². The van der Waals surface area contributed by atoms with Crippen molar-refractivity contribution in [3.05, 3.63) is 35.9 Å². The molecule has 5 heteroatoms. The summed E-state index contributed by atoms with van der Waals surface area (Å²) in [6, 6.07) is 11.5. The Morgan fingerprint density at radius 2 is 1.70 bits per heavy atom. The van der Waals surface area contributed by atoms with E-state index in [1.807, 2.05) is 0 Å². The lowest BCUT2D eigenvalue weighted by atomic mass is 10.0. The second-order valence-corrected chi connectivity index (χ2v) is 8.28. The Hall–Kier alpha value is -1.43. The summed E-state index contributed by atoms with van der Waals surface area (Å²) < 4.78 is 0. The number of piperidine rings is 1. The van der Waals surface area contributed by atoms with Crippen LogP contribution < -0.4 is 5.32 Å². The number of nitrogens with one attached hydrogen (secondary N) is 1. The van der Waals surface area contributed by atoms with Gasteiger partial charge in [0.2, 0.25) is 5.91 Å². The molecule has 3 fully saturated rings. The third-order valence-corrected chi connectivity index (χ3v) is 6.60. The molecule has 0 spiro atoms. The first-order chi connectivity index (χ1) is 13.3. The Labute approximate surface area is 163 Å². The van der Waals surface area contributed by atoms with Crippen molar-refractivity contribution in [2.24, 2.45) is 0 Å². The van der Waals surface area contributed by atoms with Gasteiger partial charge in [-0.2, -0.15) is 0 Å². The quantitative estimate of drug-likeness (QED) is 0.854. The lowest BCUT2D eigenvalue weighted by Crippen LogP contribution is -2.56. The van der Waals surface area contributed by atoms with Crippen LogP contribution in [0.2, 0.25) is 0 Å². The SMILES string of the molecule is O=C([C@@H]1CCCN1C1CCNCC1)N1CCN(CCc2ccccc2)CC1. The Bertz CT molecular complexity index is 594. The highest BCUT2D eigenvalue weighted by Gasteiger charge is 2.38. The van der Waals surface area contributed by atoms with Crippen LogP contribution in [0.1, 0.15) is 31.2 Å². The fourth-order valence-corrected chi connectivity index (χ4v) is 4.96. The molecule has 1 atom stereocenters. The van der Waals surface area contributed by atoms with E-state index in [-0.39, 0.29) is 6.04 Å². The number of hydrogen-bond acceptors (Lipinski definition) is 4. The van der Waals surface area contributed by atoms with Gasteiger partial charge >= 0.3 is 0 Å². The Balaban J connectivity index is 1.25. The Morgan fingerprint density at radius 1 is 0.963 bits per heavy atom. The van der Waals surface area contributed by atoms with Crippen LogP contribution in [0.25, 0.3) is 0 Å². The van der Waals surface area contributed by atoms with E-state index in [0.717, 1.165) is 65.2 Å². The van der Waals surface area contributed by atoms with Crippen LogP contribution in [0.5, 0.6) is 0 Å². The Morgan fingerprint density at radius 3 is 2.44 bits per heavy atom. The molecule has 3 heterocycles. The molecular formula is C22H34N4O. The highest BCUT2D eigenvalue weighted by atomic mass is 16.2. The minimum atomic E-state index is 0.143. The number of benzene rings is 1. The van der Waals surface area contributed by atoms with Crippen molar-refractivity contribution in [3.63, 3.8) is 0 Å². The van der Waals surface area contributed by atoms with Crippen LogP contribution in [0.4, 0.5) is 0 Å². The van der Waals surface area contributed by atoms with Gasteiger partial charge in [0.1, 0.15) is 0 Å². The van der Waals surface area contributed by atoms with Crippen molar-refractivity contribution in [1.29, 1.82) is 0 Å². The number of hydrogen-bond donors (Lipinski definition) is 1. The molecule has 0 saturated carbocycles. The lowest BCUT2D eigenvalue weighted by molar-refractivity contribution is -0.138. The minimum Gasteiger partial charge on any atom is -0.339 e. The van der Waals surface area contributed by atoms with Gasteiger partial charge in [-0.25, -0.2) is 0 Å². The van der Waals surface area contributed by atoms with E-state index >= 15 is 0 Å². The number of carbonyl (C=O) groups excluding carboxylic acids is 1. The lowest BCUT2D eigenvalue weighted by Gasteiger charge is -2.40. The van der Waals surface area contributed by atoms with Crippen molar-refractivity contribution in [2.45, 2.75) is 44.2 Å². The molecule has 0 aromatic heterocycles. The zero-order valence-corrected chi connectivity index (χ0v) is 16.5. The molecule has 4 rings (SSSR count). The zero-order chi connectivity index (χ0) is 18.5. The molecule has 0 bridgehead atoms. The molecule has 3 aliphatic rings. The maximum Gasteiger partial charge on any atom is 0.240 e. The number of rotatable bonds is 5. The van der Waals surface area contributed by atoms with E-state index < -0.39 is 0 Å². The standard InChI is InChI=1S/C22H34N4O/c27-22(21-7-4-13-26(21)20-8-11-23-12-9-20)25-17-15-24(16-18-25)14-10-19-5-2-1-3-6-19/h1-3,5-6,20-21,23H,4,7-18H2/t21-/m0/s1. The first-order valence-electron chi connectivity index (χ1n) is 10.8. The highest BCUT2D eigenvalue weighted by molar-refractivity contribution is 5.82. The third-order valence-electron chi connectivity index (χ3n) is 6.60. The predicted octanol–water partition coefficient (Wildman–Crippen LogP) is 1.59. The predicted molar refractivity (Wildman–Crippen MR) is 109 cm³/mol. The molecule has 0 unspecified atom stereocenters. The molecule has 1 N–H and O–H groups in total. The van der Waals surface area contributed by atoms with E-state index in [9.17, 15) is 4.79 Å². The molecule has 1 aromatic carbocycles. The van der Waals surface area contributed by atoms with Gasteiger partial charge < -0.3 is 10.2 Å². The summed E-state index contributed by atoms with van der Waals surface area (Å²) >= 11 is 0. The maximum atomic E-state index is 13.2. The van der Waals surface area contributed by atoms with E-state index in [0.29, 0.717) is 11.9 Å². The van der Waals surface area contributed by atoms with Gasteiger partial charge in [0.05, 0.1) is 6.04 Å². The monoisotopic (exact) mass is 370 g/mol. The Kier molecular flexibility index (Phi) is 6.43. The minimum absolute atomic E-state index is 0.143. The van der Waals surface area contributed by atoms with Crippen LogP contribution >= 0.6 is 0 Å². The van der Waals surface area contributed by atoms with E-state index in [2.05, 4.69) is 50.3 Å². The summed E-state index contributed by atoms with van der Waals surface area (Å²) in [7, 11) is 0. The molecule has 3 aliphatic heterocycles. The number of amides is 1. The normalized spacial score (nSPS) is 25.8. The fraction of sp³-hybridized carbons (Fsp3) is 0.682. The molecule has 1 aromatic rings. The highest BCUT2D eigenvalue weighted by Crippen LogP contribution is 2.26. The van der Waals surface area contributed by atoms with Crippen LogP contribution in [0, 0.1) is 0 Å². The average Bonchev–Trinajstić information content (AvgIpc) is 3.23. The second kappa shape index (κ2) is 9.18. The van der Waals surface area contributed by atoms with Crippen molar-refractivity contribution in [2.75, 3.05) is 52.4 Å². The fourth-order valence-electron chi connectivity index (χ4n) is 4.96. The zero-order valence-electron chi connectivity index (χ0n) is 16.5. The van der Waals surface area contributed by atoms with Gasteiger partial charge in [0, 0.05) is 38.8 Å². The van der Waals surface area contributed by atoms with Crippen LogP contribution in [-0.2, 0) is 11.2 Å². The van der Waals surface area contributed by atoms with Gasteiger partial charge in [0.15, 0.2) is 0 Å². The summed E-state index contributed by atoms with van der Waals surface area (Å²) in [5, 5.41) is 3.45. The largest absolute Gasteiger partial charge is 0.339 e. The molecular weight excluding hydrogens is 336 g/mol. The summed E-state index contributed by atoms with van der Waals surface area (Å²) in [6.45, 7) is 8.21. The summed E-state index contributed by atoms with van der Waals surface area (Å²) in [5.74, 6) is 0.397. The van der Waals surface area contributed by atoms with Crippen molar-refractivity contribution < 1.29 is 4.79 Å². The van der Waals surface area contributed by atoms with Gasteiger partial charge in [-0.05, 0) is 57.3 Å². The molecule has 1 amide bonds. The van der Waals surface area contributed by atoms with Crippen molar-refractivity contribution in [3.8, 4) is 0 Å². The molecule has 0 aliphatic carbocycles. The van der Waals surface area contributed by atoms with Crippen LogP contribution in [0.15, 0.2) is 30.3 Å². The second-order valence-electron chi connectivity index (χ2n) is 8.28. The number of likely N-dealkylation sites (tertiary alicyclic amines) is 1. The van der Waals surface area contributed by atoms with Crippen molar-refractivity contribution >= 4 is 5.91 Å². The first kappa shape index (κ1) is 18.9. The summed E-state index contributed by atoms with van der Waals surface area (Å²) in [5.41, 5.74) is 1.40. The molecule has 148 valence electrons. The molecule has 3 saturated heterocycles. The average molecular weight is 371 g/mol. The molecule has 0 radical (unpaired) electrons. The summed E-state index contributed by atoms with van der Waals surface area (Å²) in [6.07, 6.45) is 5.71. The number of carbonyl (C=O) groups is 1. The third kappa shape index (κ3) is 4.71. The van der Waals surface area contributed by atoms with E-state index in [4.69, 9.17) is 0 Å². The maximum absolute atomic E-state index is 13.2.